The summed E-state index contributed by atoms with van der Waals surface area (Å²) in [4.78, 5) is 31.5. The molecule has 0 bridgehead atoms. The van der Waals surface area contributed by atoms with Crippen LogP contribution in [0.15, 0.2) is 0 Å². The third-order valence-electron chi connectivity index (χ3n) is 1.26. The molecular formula is C5H7N3O3. The van der Waals surface area contributed by atoms with E-state index < -0.39 is 23.9 Å². The van der Waals surface area contributed by atoms with Gasteiger partial charge in [0.05, 0.1) is 6.42 Å². The minimum atomic E-state index is -0.792. The van der Waals surface area contributed by atoms with Gasteiger partial charge >= 0.3 is 6.03 Å². The number of carbonyl (C=O) groups excluding carboxylic acids is 3. The topological polar surface area (TPSA) is 101 Å². The lowest BCUT2D eigenvalue weighted by molar-refractivity contribution is -0.124. The van der Waals surface area contributed by atoms with Crippen molar-refractivity contribution >= 4 is 17.8 Å². The van der Waals surface area contributed by atoms with Crippen LogP contribution in [0.3, 0.4) is 0 Å². The molecule has 1 fully saturated rings. The van der Waals surface area contributed by atoms with Crippen LogP contribution in [0.4, 0.5) is 4.79 Å². The van der Waals surface area contributed by atoms with Gasteiger partial charge in [-0.3, -0.25) is 14.9 Å². The minimum Gasteiger partial charge on any atom is -0.370 e. The minimum absolute atomic E-state index is 0.155. The van der Waals surface area contributed by atoms with Gasteiger partial charge < -0.3 is 11.1 Å². The first-order valence-corrected chi connectivity index (χ1v) is 2.99. The van der Waals surface area contributed by atoms with Crippen LogP contribution in [0, 0.1) is 0 Å². The van der Waals surface area contributed by atoms with E-state index in [0.717, 1.165) is 0 Å². The van der Waals surface area contributed by atoms with Crippen LogP contribution in [-0.2, 0) is 9.59 Å². The van der Waals surface area contributed by atoms with Gasteiger partial charge in [-0.05, 0) is 0 Å². The van der Waals surface area contributed by atoms with E-state index in [1.165, 1.54) is 0 Å². The normalized spacial score (nSPS) is 22.7. The molecule has 0 aromatic heterocycles. The summed E-state index contributed by atoms with van der Waals surface area (Å²) in [7, 11) is 0. The number of rotatable bonds is 2. The van der Waals surface area contributed by atoms with E-state index in [1.54, 1.807) is 0 Å². The van der Waals surface area contributed by atoms with Crippen LogP contribution >= 0.6 is 0 Å². The van der Waals surface area contributed by atoms with Crippen molar-refractivity contribution in [2.24, 2.45) is 5.73 Å². The molecule has 1 aliphatic rings. The lowest BCUT2D eigenvalue weighted by atomic mass is 10.2. The van der Waals surface area contributed by atoms with Gasteiger partial charge in [0, 0.05) is 0 Å². The van der Waals surface area contributed by atoms with Crippen molar-refractivity contribution in [1.29, 1.82) is 0 Å². The van der Waals surface area contributed by atoms with Crippen molar-refractivity contribution in [3.05, 3.63) is 0 Å². The number of primary amides is 1. The fourth-order valence-corrected chi connectivity index (χ4v) is 0.804. The van der Waals surface area contributed by atoms with Crippen LogP contribution in [0.5, 0.6) is 0 Å². The Kier molecular flexibility index (Phi) is 1.75. The van der Waals surface area contributed by atoms with Gasteiger partial charge in [0.1, 0.15) is 6.04 Å². The van der Waals surface area contributed by atoms with Crippen LogP contribution in [0.2, 0.25) is 0 Å². The molecule has 4 amide bonds. The van der Waals surface area contributed by atoms with E-state index in [1.807, 2.05) is 5.32 Å². The maximum atomic E-state index is 10.7. The SMILES string of the molecule is NC(=O)CC1NC(=O)NC1=O. The van der Waals surface area contributed by atoms with Crippen molar-refractivity contribution in [3.8, 4) is 0 Å². The fraction of sp³-hybridized carbons (Fsp3) is 0.400. The standard InChI is InChI=1S/C5H7N3O3/c6-3(9)1-2-4(10)8-5(11)7-2/h2H,1H2,(H2,6,9)(H2,7,8,10,11). The average Bonchev–Trinajstić information content (AvgIpc) is 2.09. The summed E-state index contributed by atoms with van der Waals surface area (Å²) in [5.74, 6) is -1.12. The van der Waals surface area contributed by atoms with Gasteiger partial charge in [-0.1, -0.05) is 0 Å². The second kappa shape index (κ2) is 2.57. The molecular weight excluding hydrogens is 150 g/mol. The molecule has 1 unspecified atom stereocenters. The van der Waals surface area contributed by atoms with Crippen molar-refractivity contribution < 1.29 is 14.4 Å². The number of nitrogens with one attached hydrogen (secondary N) is 2. The summed E-state index contributed by atoms with van der Waals surface area (Å²) >= 11 is 0. The number of carbonyl (C=O) groups is 3. The number of nitrogens with two attached hydrogens (primary N) is 1. The van der Waals surface area contributed by atoms with Crippen LogP contribution in [-0.4, -0.2) is 23.9 Å². The number of urea groups is 1. The Bertz CT molecular complexity index is 225. The Morgan fingerprint density at radius 3 is 2.55 bits per heavy atom. The monoisotopic (exact) mass is 157 g/mol. The maximum absolute atomic E-state index is 10.7. The Balaban J connectivity index is 2.53. The van der Waals surface area contributed by atoms with Gasteiger partial charge in [-0.2, -0.15) is 0 Å². The second-order valence-electron chi connectivity index (χ2n) is 2.19. The summed E-state index contributed by atoms with van der Waals surface area (Å²) in [6.07, 6.45) is -0.155. The zero-order valence-corrected chi connectivity index (χ0v) is 5.59. The second-order valence-corrected chi connectivity index (χ2v) is 2.19. The van der Waals surface area contributed by atoms with Crippen molar-refractivity contribution in [2.75, 3.05) is 0 Å². The smallest absolute Gasteiger partial charge is 0.322 e. The van der Waals surface area contributed by atoms with E-state index >= 15 is 0 Å². The molecule has 0 spiro atoms. The summed E-state index contributed by atoms with van der Waals surface area (Å²) in [5.41, 5.74) is 4.81. The van der Waals surface area contributed by atoms with Crippen molar-refractivity contribution in [3.63, 3.8) is 0 Å². The highest BCUT2D eigenvalue weighted by Crippen LogP contribution is 1.96. The zero-order valence-electron chi connectivity index (χ0n) is 5.59. The number of amides is 4. The third-order valence-corrected chi connectivity index (χ3v) is 1.26. The fourth-order valence-electron chi connectivity index (χ4n) is 0.804. The highest BCUT2D eigenvalue weighted by Gasteiger charge is 2.30. The van der Waals surface area contributed by atoms with Crippen molar-refractivity contribution in [2.45, 2.75) is 12.5 Å². The Hall–Kier alpha value is -1.59. The zero-order chi connectivity index (χ0) is 8.43. The lowest BCUT2D eigenvalue weighted by Gasteiger charge is -2.01. The van der Waals surface area contributed by atoms with Gasteiger partial charge in [0.15, 0.2) is 0 Å². The lowest BCUT2D eigenvalue weighted by Crippen LogP contribution is -2.33. The molecule has 60 valence electrons. The van der Waals surface area contributed by atoms with Crippen molar-refractivity contribution in [1.82, 2.24) is 10.6 Å². The molecule has 1 atom stereocenters. The van der Waals surface area contributed by atoms with Gasteiger partial charge in [-0.25, -0.2) is 4.79 Å². The number of hydrogen-bond acceptors (Lipinski definition) is 3. The highest BCUT2D eigenvalue weighted by atomic mass is 16.2. The molecule has 0 aliphatic carbocycles. The molecule has 1 heterocycles. The first-order valence-electron chi connectivity index (χ1n) is 2.99. The molecule has 0 aromatic rings. The molecule has 1 aliphatic heterocycles. The molecule has 6 nitrogen and oxygen atoms in total. The first-order chi connectivity index (χ1) is 5.09. The predicted octanol–water partition coefficient (Wildman–Crippen LogP) is -1.93. The first kappa shape index (κ1) is 7.52. The number of hydrogen-bond donors (Lipinski definition) is 3. The van der Waals surface area contributed by atoms with Crippen LogP contribution < -0.4 is 16.4 Å². The molecule has 1 saturated heterocycles. The summed E-state index contributed by atoms with van der Waals surface area (Å²) in [6, 6.07) is -1.37. The van der Waals surface area contributed by atoms with E-state index in [-0.39, 0.29) is 6.42 Å². The van der Waals surface area contributed by atoms with E-state index in [2.05, 4.69) is 5.32 Å². The molecule has 0 aromatic carbocycles. The largest absolute Gasteiger partial charge is 0.370 e. The van der Waals surface area contributed by atoms with E-state index in [0.29, 0.717) is 0 Å². The molecule has 0 radical (unpaired) electrons. The summed E-state index contributed by atoms with van der Waals surface area (Å²) in [6.45, 7) is 0. The van der Waals surface area contributed by atoms with Gasteiger partial charge in [0.2, 0.25) is 5.91 Å². The number of imide groups is 1. The summed E-state index contributed by atoms with van der Waals surface area (Å²) in [5, 5.41) is 4.21. The third kappa shape index (κ3) is 1.66. The average molecular weight is 157 g/mol. The van der Waals surface area contributed by atoms with Crippen LogP contribution in [0.25, 0.3) is 0 Å². The predicted molar refractivity (Wildman–Crippen MR) is 34.3 cm³/mol. The Labute approximate surface area is 62.1 Å². The van der Waals surface area contributed by atoms with Gasteiger partial charge in [-0.15, -0.1) is 0 Å². The molecule has 4 N–H and O–H groups in total. The summed E-state index contributed by atoms with van der Waals surface area (Å²) < 4.78 is 0. The molecule has 1 rings (SSSR count). The molecule has 6 heteroatoms. The van der Waals surface area contributed by atoms with E-state index in [4.69, 9.17) is 5.73 Å². The Morgan fingerprint density at radius 1 is 1.55 bits per heavy atom. The molecule has 11 heavy (non-hydrogen) atoms. The highest BCUT2D eigenvalue weighted by molar-refractivity contribution is 6.05. The quantitative estimate of drug-likeness (QED) is 0.407. The maximum Gasteiger partial charge on any atom is 0.322 e. The van der Waals surface area contributed by atoms with Crippen LogP contribution in [0.1, 0.15) is 6.42 Å². The van der Waals surface area contributed by atoms with Gasteiger partial charge in [0.25, 0.3) is 5.91 Å². The van der Waals surface area contributed by atoms with E-state index in [9.17, 15) is 14.4 Å². The Morgan fingerprint density at radius 2 is 2.18 bits per heavy atom. The molecule has 0 saturated carbocycles.